The molecular weight excluding hydrogens is 318 g/mol. The van der Waals surface area contributed by atoms with Gasteiger partial charge in [0.2, 0.25) is 5.91 Å². The summed E-state index contributed by atoms with van der Waals surface area (Å²) in [6.45, 7) is 0. The van der Waals surface area contributed by atoms with Crippen LogP contribution in [0.3, 0.4) is 0 Å². The highest BCUT2D eigenvalue weighted by Crippen LogP contribution is 2.40. The van der Waals surface area contributed by atoms with Gasteiger partial charge in [0, 0.05) is 17.9 Å². The van der Waals surface area contributed by atoms with Crippen LogP contribution in [-0.4, -0.2) is 27.9 Å². The molecule has 0 aliphatic carbocycles. The molecule has 0 spiro atoms. The summed E-state index contributed by atoms with van der Waals surface area (Å²) in [6, 6.07) is 14.8. The maximum Gasteiger partial charge on any atom is 0.226 e. The second kappa shape index (κ2) is 5.98. The lowest BCUT2D eigenvalue weighted by Crippen LogP contribution is -2.24. The number of aromatic hydroxyl groups is 1. The number of phenolic OH excluding ortho intramolecular Hbond substituents is 1. The number of fused-ring (bicyclic) bond motifs is 1. The van der Waals surface area contributed by atoms with Crippen molar-refractivity contribution in [2.75, 3.05) is 12.4 Å². The third-order valence-electron chi connectivity index (χ3n) is 4.43. The number of methoxy groups -OCH3 is 1. The van der Waals surface area contributed by atoms with Gasteiger partial charge in [-0.25, -0.2) is 4.68 Å². The zero-order valence-corrected chi connectivity index (χ0v) is 13.6. The van der Waals surface area contributed by atoms with E-state index in [1.807, 2.05) is 36.4 Å². The lowest BCUT2D eigenvalue weighted by atomic mass is 9.87. The van der Waals surface area contributed by atoms with E-state index >= 15 is 0 Å². The van der Waals surface area contributed by atoms with Crippen LogP contribution in [0.2, 0.25) is 0 Å². The smallest absolute Gasteiger partial charge is 0.226 e. The second-order valence-electron chi connectivity index (χ2n) is 5.93. The Labute approximate surface area is 144 Å². The fourth-order valence-corrected chi connectivity index (χ4v) is 3.19. The van der Waals surface area contributed by atoms with E-state index in [0.29, 0.717) is 18.0 Å². The Balaban J connectivity index is 1.81. The summed E-state index contributed by atoms with van der Waals surface area (Å²) in [7, 11) is 1.51. The van der Waals surface area contributed by atoms with Gasteiger partial charge < -0.3 is 15.2 Å². The first-order valence-electron chi connectivity index (χ1n) is 7.97. The van der Waals surface area contributed by atoms with Crippen LogP contribution in [0.15, 0.2) is 54.7 Å². The zero-order chi connectivity index (χ0) is 17.4. The minimum Gasteiger partial charge on any atom is -0.504 e. The highest BCUT2D eigenvalue weighted by atomic mass is 16.5. The molecule has 126 valence electrons. The van der Waals surface area contributed by atoms with Crippen LogP contribution in [0.25, 0.3) is 5.69 Å². The number of rotatable bonds is 3. The van der Waals surface area contributed by atoms with E-state index in [0.717, 1.165) is 16.8 Å². The van der Waals surface area contributed by atoms with Crippen molar-refractivity contribution >= 4 is 11.7 Å². The number of phenols is 1. The van der Waals surface area contributed by atoms with Gasteiger partial charge in [-0.2, -0.15) is 5.10 Å². The van der Waals surface area contributed by atoms with Crippen molar-refractivity contribution in [3.63, 3.8) is 0 Å². The van der Waals surface area contributed by atoms with Crippen molar-refractivity contribution in [1.29, 1.82) is 0 Å². The fraction of sp³-hybridized carbons (Fsp3) is 0.158. The van der Waals surface area contributed by atoms with Gasteiger partial charge in [-0.05, 0) is 29.8 Å². The number of benzene rings is 2. The normalized spacial score (nSPS) is 16.2. The predicted molar refractivity (Wildman–Crippen MR) is 93.3 cm³/mol. The molecule has 1 unspecified atom stereocenters. The summed E-state index contributed by atoms with van der Waals surface area (Å²) in [6.07, 6.45) is 2.10. The number of ether oxygens (including phenoxy) is 1. The number of hydrogen-bond donors (Lipinski definition) is 2. The monoisotopic (exact) mass is 335 g/mol. The van der Waals surface area contributed by atoms with Crippen LogP contribution in [0.5, 0.6) is 11.5 Å². The van der Waals surface area contributed by atoms with Crippen LogP contribution < -0.4 is 10.1 Å². The Morgan fingerprint density at radius 2 is 2.04 bits per heavy atom. The molecule has 0 radical (unpaired) electrons. The number of anilines is 1. The van der Waals surface area contributed by atoms with Gasteiger partial charge >= 0.3 is 0 Å². The molecule has 25 heavy (non-hydrogen) atoms. The molecule has 1 amide bonds. The van der Waals surface area contributed by atoms with E-state index in [4.69, 9.17) is 4.74 Å². The average Bonchev–Trinajstić information content (AvgIpc) is 3.06. The van der Waals surface area contributed by atoms with Crippen molar-refractivity contribution in [1.82, 2.24) is 9.78 Å². The van der Waals surface area contributed by atoms with Gasteiger partial charge in [0.1, 0.15) is 5.82 Å². The van der Waals surface area contributed by atoms with Gasteiger partial charge in [0.25, 0.3) is 0 Å². The maximum absolute atomic E-state index is 12.3. The third kappa shape index (κ3) is 2.61. The minimum absolute atomic E-state index is 0.0674. The summed E-state index contributed by atoms with van der Waals surface area (Å²) in [5.74, 6) is 0.935. The summed E-state index contributed by atoms with van der Waals surface area (Å²) >= 11 is 0. The molecule has 0 saturated carbocycles. The molecule has 1 atom stereocenters. The molecule has 2 heterocycles. The van der Waals surface area contributed by atoms with Crippen molar-refractivity contribution in [3.8, 4) is 17.2 Å². The van der Waals surface area contributed by atoms with E-state index in [2.05, 4.69) is 10.4 Å². The molecule has 0 fully saturated rings. The summed E-state index contributed by atoms with van der Waals surface area (Å²) in [5.41, 5.74) is 2.72. The maximum atomic E-state index is 12.3. The first-order valence-corrected chi connectivity index (χ1v) is 7.97. The van der Waals surface area contributed by atoms with E-state index in [1.54, 1.807) is 23.0 Å². The fourth-order valence-electron chi connectivity index (χ4n) is 3.19. The second-order valence-corrected chi connectivity index (χ2v) is 5.93. The first kappa shape index (κ1) is 15.3. The molecule has 6 nitrogen and oxygen atoms in total. The summed E-state index contributed by atoms with van der Waals surface area (Å²) in [5, 5.41) is 17.2. The van der Waals surface area contributed by atoms with Gasteiger partial charge in [0.05, 0.1) is 19.0 Å². The zero-order valence-electron chi connectivity index (χ0n) is 13.6. The van der Waals surface area contributed by atoms with Gasteiger partial charge in [-0.1, -0.05) is 24.3 Å². The number of carbonyl (C=O) groups is 1. The molecule has 1 aromatic heterocycles. The van der Waals surface area contributed by atoms with Crippen LogP contribution in [0.4, 0.5) is 5.82 Å². The molecule has 2 aromatic carbocycles. The van der Waals surface area contributed by atoms with Crippen molar-refractivity contribution in [3.05, 3.63) is 65.9 Å². The molecule has 4 rings (SSSR count). The van der Waals surface area contributed by atoms with Gasteiger partial charge in [0.15, 0.2) is 11.5 Å². The standard InChI is InChI=1S/C19H17N3O3/c1-25-17-9-12(7-8-16(17)23)14-10-18(24)21-19-15(14)11-20-22(19)13-5-3-2-4-6-13/h2-9,11,14,23H,10H2,1H3,(H,21,24). The molecule has 6 heteroatoms. The van der Waals surface area contributed by atoms with Crippen LogP contribution in [0, 0.1) is 0 Å². The van der Waals surface area contributed by atoms with Crippen molar-refractivity contribution in [2.24, 2.45) is 0 Å². The lowest BCUT2D eigenvalue weighted by molar-refractivity contribution is -0.116. The first-order chi connectivity index (χ1) is 12.2. The number of carbonyl (C=O) groups excluding carboxylic acids is 1. The SMILES string of the molecule is COc1cc(C2CC(=O)Nc3c2cnn3-c2ccccc2)ccc1O. The molecule has 0 saturated heterocycles. The number of nitrogens with one attached hydrogen (secondary N) is 1. The van der Waals surface area contributed by atoms with Crippen molar-refractivity contribution in [2.45, 2.75) is 12.3 Å². The molecule has 2 N–H and O–H groups in total. The average molecular weight is 335 g/mol. The molecule has 3 aromatic rings. The Kier molecular flexibility index (Phi) is 3.65. The Hall–Kier alpha value is -3.28. The summed E-state index contributed by atoms with van der Waals surface area (Å²) < 4.78 is 6.93. The van der Waals surface area contributed by atoms with E-state index < -0.39 is 0 Å². The van der Waals surface area contributed by atoms with E-state index in [1.165, 1.54) is 7.11 Å². The van der Waals surface area contributed by atoms with Gasteiger partial charge in [-0.15, -0.1) is 0 Å². The van der Waals surface area contributed by atoms with E-state index in [-0.39, 0.29) is 17.6 Å². The van der Waals surface area contributed by atoms with Gasteiger partial charge in [-0.3, -0.25) is 4.79 Å². The molecule has 1 aliphatic heterocycles. The summed E-state index contributed by atoms with van der Waals surface area (Å²) in [4.78, 5) is 12.3. The Morgan fingerprint density at radius 1 is 1.24 bits per heavy atom. The molecule has 1 aliphatic rings. The highest BCUT2D eigenvalue weighted by Gasteiger charge is 2.30. The topological polar surface area (TPSA) is 76.4 Å². The number of aromatic nitrogens is 2. The number of nitrogens with zero attached hydrogens (tertiary/aromatic N) is 2. The Morgan fingerprint density at radius 3 is 2.80 bits per heavy atom. The number of para-hydroxylation sites is 1. The van der Waals surface area contributed by atoms with Crippen LogP contribution in [0.1, 0.15) is 23.5 Å². The largest absolute Gasteiger partial charge is 0.504 e. The highest BCUT2D eigenvalue weighted by molar-refractivity contribution is 5.94. The van der Waals surface area contributed by atoms with E-state index in [9.17, 15) is 9.90 Å². The lowest BCUT2D eigenvalue weighted by Gasteiger charge is -2.24. The van der Waals surface area contributed by atoms with Crippen LogP contribution in [-0.2, 0) is 4.79 Å². The van der Waals surface area contributed by atoms with Crippen LogP contribution >= 0.6 is 0 Å². The number of hydrogen-bond acceptors (Lipinski definition) is 4. The molecular formula is C19H17N3O3. The third-order valence-corrected chi connectivity index (χ3v) is 4.43. The minimum atomic E-state index is -0.143. The number of amides is 1. The quantitative estimate of drug-likeness (QED) is 0.771. The predicted octanol–water partition coefficient (Wildman–Crippen LogP) is 3.06. The Bertz CT molecular complexity index is 934. The van der Waals surface area contributed by atoms with Crippen molar-refractivity contribution < 1.29 is 14.6 Å². The molecule has 0 bridgehead atoms.